The van der Waals surface area contributed by atoms with Gasteiger partial charge in [-0.05, 0) is 68.1 Å². The molecular formula is C25H28FN3O2. The van der Waals surface area contributed by atoms with Gasteiger partial charge in [0.1, 0.15) is 11.4 Å². The van der Waals surface area contributed by atoms with Crippen LogP contribution < -0.4 is 0 Å². The lowest BCUT2D eigenvalue weighted by Gasteiger charge is -2.24. The number of carbonyl (C=O) groups excluding carboxylic acids is 1. The van der Waals surface area contributed by atoms with Crippen LogP contribution in [-0.2, 0) is 11.8 Å². The number of amides is 1. The van der Waals surface area contributed by atoms with Gasteiger partial charge in [-0.25, -0.2) is 9.18 Å². The molecule has 0 radical (unpaired) electrons. The Hall–Kier alpha value is -3.15. The average Bonchev–Trinajstić information content (AvgIpc) is 3.36. The van der Waals surface area contributed by atoms with Gasteiger partial charge in [-0.3, -0.25) is 4.68 Å². The number of aromatic nitrogens is 2. The van der Waals surface area contributed by atoms with Gasteiger partial charge in [-0.2, -0.15) is 5.10 Å². The zero-order valence-electron chi connectivity index (χ0n) is 18.4. The molecule has 1 amide bonds. The molecule has 1 aliphatic rings. The van der Waals surface area contributed by atoms with Gasteiger partial charge in [0, 0.05) is 37.8 Å². The Morgan fingerprint density at radius 1 is 1.10 bits per heavy atom. The number of likely N-dealkylation sites (tertiary alicyclic amines) is 1. The van der Waals surface area contributed by atoms with Crippen molar-refractivity contribution in [2.75, 3.05) is 13.1 Å². The standard InChI is InChI=1S/C25H28FN3O2/c1-25(2,3)31-24(30)29-14-11-19(16-29)21-10-7-18(17-5-8-20(26)9-6-17)15-22(21)23-12-13-28(4)27-23/h5-10,12-13,15,19H,11,14,16H2,1-4H3. The zero-order chi connectivity index (χ0) is 22.2. The summed E-state index contributed by atoms with van der Waals surface area (Å²) in [7, 11) is 1.90. The number of halogens is 1. The second-order valence-corrected chi connectivity index (χ2v) is 9.10. The summed E-state index contributed by atoms with van der Waals surface area (Å²) in [5.41, 5.74) is 4.54. The Labute approximate surface area is 182 Å². The second kappa shape index (κ2) is 8.17. The van der Waals surface area contributed by atoms with E-state index in [2.05, 4.69) is 23.3 Å². The highest BCUT2D eigenvalue weighted by molar-refractivity contribution is 5.75. The van der Waals surface area contributed by atoms with E-state index in [0.29, 0.717) is 13.1 Å². The predicted octanol–water partition coefficient (Wildman–Crippen LogP) is 5.62. The van der Waals surface area contributed by atoms with E-state index in [-0.39, 0.29) is 17.8 Å². The van der Waals surface area contributed by atoms with Gasteiger partial charge in [0.05, 0.1) is 5.69 Å². The molecule has 1 aliphatic heterocycles. The Bertz CT molecular complexity index is 1080. The van der Waals surface area contributed by atoms with Crippen molar-refractivity contribution in [3.05, 3.63) is 66.1 Å². The van der Waals surface area contributed by atoms with E-state index in [0.717, 1.165) is 34.4 Å². The fraction of sp³-hybridized carbons (Fsp3) is 0.360. The van der Waals surface area contributed by atoms with Crippen molar-refractivity contribution >= 4 is 6.09 Å². The van der Waals surface area contributed by atoms with Gasteiger partial charge in [-0.1, -0.05) is 24.3 Å². The van der Waals surface area contributed by atoms with Crippen molar-refractivity contribution in [1.82, 2.24) is 14.7 Å². The quantitative estimate of drug-likeness (QED) is 0.552. The van der Waals surface area contributed by atoms with Gasteiger partial charge >= 0.3 is 6.09 Å². The summed E-state index contributed by atoms with van der Waals surface area (Å²) in [6, 6.07) is 14.8. The average molecular weight is 422 g/mol. The maximum atomic E-state index is 13.4. The van der Waals surface area contributed by atoms with E-state index >= 15 is 0 Å². The Kier molecular flexibility index (Phi) is 5.56. The van der Waals surface area contributed by atoms with Crippen LogP contribution in [0.2, 0.25) is 0 Å². The summed E-state index contributed by atoms with van der Waals surface area (Å²) < 4.78 is 20.7. The van der Waals surface area contributed by atoms with Crippen LogP contribution in [0.15, 0.2) is 54.7 Å². The Morgan fingerprint density at radius 2 is 1.81 bits per heavy atom. The van der Waals surface area contributed by atoms with Crippen LogP contribution in [0.3, 0.4) is 0 Å². The van der Waals surface area contributed by atoms with Crippen molar-refractivity contribution in [2.45, 2.75) is 38.7 Å². The molecule has 1 aromatic heterocycles. The lowest BCUT2D eigenvalue weighted by atomic mass is 9.89. The van der Waals surface area contributed by atoms with Gasteiger partial charge < -0.3 is 9.64 Å². The van der Waals surface area contributed by atoms with Crippen molar-refractivity contribution in [3.63, 3.8) is 0 Å². The summed E-state index contributed by atoms with van der Waals surface area (Å²) in [5.74, 6) is -0.0506. The first kappa shape index (κ1) is 21.1. The number of aryl methyl sites for hydroxylation is 1. The van der Waals surface area contributed by atoms with Crippen LogP contribution >= 0.6 is 0 Å². The minimum atomic E-state index is -0.509. The number of benzene rings is 2. The summed E-state index contributed by atoms with van der Waals surface area (Å²) in [4.78, 5) is 14.3. The molecule has 0 N–H and O–H groups in total. The number of hydrogen-bond acceptors (Lipinski definition) is 3. The number of ether oxygens (including phenoxy) is 1. The molecule has 0 bridgehead atoms. The molecule has 2 aromatic carbocycles. The third kappa shape index (κ3) is 4.79. The van der Waals surface area contributed by atoms with E-state index in [1.807, 2.05) is 40.1 Å². The molecule has 1 unspecified atom stereocenters. The zero-order valence-corrected chi connectivity index (χ0v) is 18.4. The molecule has 1 saturated heterocycles. The lowest BCUT2D eigenvalue weighted by Crippen LogP contribution is -2.35. The SMILES string of the molecule is Cn1ccc(-c2cc(-c3ccc(F)cc3)ccc2C2CCN(C(=O)OC(C)(C)C)C2)n1. The van der Waals surface area contributed by atoms with Crippen LogP contribution in [0.1, 0.15) is 38.7 Å². The van der Waals surface area contributed by atoms with Gasteiger partial charge in [0.25, 0.3) is 0 Å². The molecule has 3 aromatic rings. The second-order valence-electron chi connectivity index (χ2n) is 9.10. The molecule has 0 spiro atoms. The van der Waals surface area contributed by atoms with Gasteiger partial charge in [0.15, 0.2) is 0 Å². The summed E-state index contributed by atoms with van der Waals surface area (Å²) in [6.07, 6.45) is 2.53. The maximum Gasteiger partial charge on any atom is 0.410 e. The monoisotopic (exact) mass is 421 g/mol. The minimum Gasteiger partial charge on any atom is -0.444 e. The summed E-state index contributed by atoms with van der Waals surface area (Å²) >= 11 is 0. The van der Waals surface area contributed by atoms with E-state index in [9.17, 15) is 9.18 Å². The van der Waals surface area contributed by atoms with E-state index in [1.165, 1.54) is 12.1 Å². The number of carbonyl (C=O) groups is 1. The highest BCUT2D eigenvalue weighted by atomic mass is 19.1. The van der Waals surface area contributed by atoms with Crippen LogP contribution in [-0.4, -0.2) is 39.5 Å². The molecule has 6 heteroatoms. The molecule has 1 atom stereocenters. The fourth-order valence-electron chi connectivity index (χ4n) is 4.02. The fourth-order valence-corrected chi connectivity index (χ4v) is 4.02. The molecule has 162 valence electrons. The highest BCUT2D eigenvalue weighted by Gasteiger charge is 2.32. The molecule has 1 fully saturated rings. The predicted molar refractivity (Wildman–Crippen MR) is 119 cm³/mol. The van der Waals surface area contributed by atoms with Crippen LogP contribution in [0.4, 0.5) is 9.18 Å². The normalized spacial score (nSPS) is 16.5. The molecule has 5 nitrogen and oxygen atoms in total. The first-order valence-corrected chi connectivity index (χ1v) is 10.6. The first-order chi connectivity index (χ1) is 14.7. The Morgan fingerprint density at radius 3 is 2.45 bits per heavy atom. The lowest BCUT2D eigenvalue weighted by molar-refractivity contribution is 0.0292. The Balaban J connectivity index is 1.66. The smallest absolute Gasteiger partial charge is 0.410 e. The number of rotatable bonds is 3. The molecule has 2 heterocycles. The number of hydrogen-bond donors (Lipinski definition) is 0. The third-order valence-corrected chi connectivity index (χ3v) is 5.50. The molecular weight excluding hydrogens is 393 g/mol. The molecule has 4 rings (SSSR count). The van der Waals surface area contributed by atoms with Crippen molar-refractivity contribution in [2.24, 2.45) is 7.05 Å². The van der Waals surface area contributed by atoms with Gasteiger partial charge in [-0.15, -0.1) is 0 Å². The van der Waals surface area contributed by atoms with Crippen molar-refractivity contribution in [1.29, 1.82) is 0 Å². The highest BCUT2D eigenvalue weighted by Crippen LogP contribution is 2.37. The molecule has 0 saturated carbocycles. The van der Waals surface area contributed by atoms with E-state index < -0.39 is 5.60 Å². The largest absolute Gasteiger partial charge is 0.444 e. The summed E-state index contributed by atoms with van der Waals surface area (Å²) in [6.45, 7) is 6.93. The number of nitrogens with zero attached hydrogens (tertiary/aromatic N) is 3. The van der Waals surface area contributed by atoms with E-state index in [1.54, 1.807) is 21.7 Å². The maximum absolute atomic E-state index is 13.4. The van der Waals surface area contributed by atoms with E-state index in [4.69, 9.17) is 4.74 Å². The molecule has 0 aliphatic carbocycles. The molecule has 31 heavy (non-hydrogen) atoms. The van der Waals surface area contributed by atoms with Crippen molar-refractivity contribution < 1.29 is 13.9 Å². The van der Waals surface area contributed by atoms with Crippen LogP contribution in [0.25, 0.3) is 22.4 Å². The van der Waals surface area contributed by atoms with Crippen molar-refractivity contribution in [3.8, 4) is 22.4 Å². The van der Waals surface area contributed by atoms with Crippen LogP contribution in [0.5, 0.6) is 0 Å². The first-order valence-electron chi connectivity index (χ1n) is 10.6. The van der Waals surface area contributed by atoms with Gasteiger partial charge in [0.2, 0.25) is 0 Å². The summed E-state index contributed by atoms with van der Waals surface area (Å²) in [5, 5.41) is 4.62. The third-order valence-electron chi connectivity index (χ3n) is 5.50. The minimum absolute atomic E-state index is 0.201. The van der Waals surface area contributed by atoms with Crippen LogP contribution in [0, 0.1) is 5.82 Å². The topological polar surface area (TPSA) is 47.4 Å².